The van der Waals surface area contributed by atoms with E-state index in [0.29, 0.717) is 19.4 Å². The summed E-state index contributed by atoms with van der Waals surface area (Å²) in [6, 6.07) is 6.60. The van der Waals surface area contributed by atoms with Crippen LogP contribution < -0.4 is 5.32 Å². The number of allylic oxidation sites excluding steroid dienone is 1. The summed E-state index contributed by atoms with van der Waals surface area (Å²) in [6.07, 6.45) is 2.62. The van der Waals surface area contributed by atoms with Gasteiger partial charge in [-0.15, -0.1) is 11.3 Å². The van der Waals surface area contributed by atoms with E-state index in [2.05, 4.69) is 10.3 Å². The molecule has 2 heterocycles. The molecule has 3 rings (SSSR count). The number of Topliss-reactive ketones (excluding diaryl/α,β-unsaturated/α-hetero) is 1. The first-order valence-corrected chi connectivity index (χ1v) is 14.4. The fourth-order valence-corrected chi connectivity index (χ4v) is 5.76. The molecule has 2 amide bonds. The van der Waals surface area contributed by atoms with Gasteiger partial charge >= 0.3 is 0 Å². The number of amides is 2. The van der Waals surface area contributed by atoms with E-state index < -0.39 is 18.0 Å². The lowest BCUT2D eigenvalue weighted by Crippen LogP contribution is -2.49. The van der Waals surface area contributed by atoms with Gasteiger partial charge in [0.15, 0.2) is 0 Å². The summed E-state index contributed by atoms with van der Waals surface area (Å²) in [4.78, 5) is 46.8. The van der Waals surface area contributed by atoms with Crippen LogP contribution in [0.2, 0.25) is 0 Å². The van der Waals surface area contributed by atoms with E-state index in [1.165, 1.54) is 13.0 Å². The molecule has 1 saturated heterocycles. The van der Waals surface area contributed by atoms with Crippen molar-refractivity contribution in [3.63, 3.8) is 0 Å². The molecule has 8 nitrogen and oxygen atoms in total. The number of ketones is 1. The van der Waals surface area contributed by atoms with Gasteiger partial charge in [0.25, 0.3) is 0 Å². The quantitative estimate of drug-likeness (QED) is 0.246. The number of aliphatic hydroxyl groups excluding tert-OH is 1. The second kappa shape index (κ2) is 13.2. The van der Waals surface area contributed by atoms with Crippen LogP contribution in [-0.2, 0) is 14.4 Å². The minimum atomic E-state index is -0.834. The maximum absolute atomic E-state index is 13.6. The molecule has 0 aliphatic carbocycles. The van der Waals surface area contributed by atoms with E-state index in [4.69, 9.17) is 5.41 Å². The normalized spacial score (nSPS) is 17.4. The highest BCUT2D eigenvalue weighted by molar-refractivity contribution is 7.13. The van der Waals surface area contributed by atoms with Crippen molar-refractivity contribution in [1.82, 2.24) is 15.2 Å². The molecular weight excluding hydrogens is 512 g/mol. The summed E-state index contributed by atoms with van der Waals surface area (Å²) in [7, 11) is 0. The Morgan fingerprint density at radius 3 is 2.41 bits per heavy atom. The second-order valence-corrected chi connectivity index (χ2v) is 11.8. The third-order valence-corrected chi connectivity index (χ3v) is 8.12. The number of nitrogens with one attached hydrogen (secondary N) is 2. The van der Waals surface area contributed by atoms with Crippen LogP contribution in [0.4, 0.5) is 0 Å². The molecule has 1 fully saturated rings. The SMILES string of the molecule is CC(=N)/C=C(\O)C(C(=O)N1CCCC1C(=O)NC(CC(=O)C(C)C)c1ccc(-c2scnc2C)cc1)C(C)C. The Labute approximate surface area is 235 Å². The van der Waals surface area contributed by atoms with Crippen LogP contribution in [0.25, 0.3) is 10.4 Å². The molecule has 1 aromatic carbocycles. The molecule has 0 bridgehead atoms. The Morgan fingerprint density at radius 1 is 1.21 bits per heavy atom. The van der Waals surface area contributed by atoms with Crippen LogP contribution in [0.3, 0.4) is 0 Å². The van der Waals surface area contributed by atoms with Crippen LogP contribution in [-0.4, -0.2) is 50.9 Å². The first kappa shape index (κ1) is 30.2. The molecule has 1 aromatic heterocycles. The molecule has 39 heavy (non-hydrogen) atoms. The largest absolute Gasteiger partial charge is 0.511 e. The average molecular weight is 553 g/mol. The van der Waals surface area contributed by atoms with Crippen LogP contribution in [0.1, 0.15) is 71.2 Å². The zero-order valence-electron chi connectivity index (χ0n) is 23.7. The third kappa shape index (κ3) is 7.41. The summed E-state index contributed by atoms with van der Waals surface area (Å²) in [6.45, 7) is 11.3. The van der Waals surface area contributed by atoms with Gasteiger partial charge in [0.05, 0.1) is 28.0 Å². The monoisotopic (exact) mass is 552 g/mol. The fourth-order valence-electron chi connectivity index (χ4n) is 4.95. The Morgan fingerprint density at radius 2 is 1.87 bits per heavy atom. The zero-order chi connectivity index (χ0) is 28.9. The van der Waals surface area contributed by atoms with Gasteiger partial charge in [-0.05, 0) is 49.8 Å². The molecule has 210 valence electrons. The Balaban J connectivity index is 1.84. The summed E-state index contributed by atoms with van der Waals surface area (Å²) in [5, 5.41) is 21.3. The van der Waals surface area contributed by atoms with Crippen molar-refractivity contribution in [3.05, 3.63) is 52.9 Å². The Bertz CT molecular complexity index is 1230. The lowest BCUT2D eigenvalue weighted by Gasteiger charge is -2.31. The highest BCUT2D eigenvalue weighted by Crippen LogP contribution is 2.31. The van der Waals surface area contributed by atoms with Gasteiger partial charge in [0, 0.05) is 24.6 Å². The molecule has 1 aliphatic rings. The molecule has 3 unspecified atom stereocenters. The number of aryl methyl sites for hydroxylation is 1. The average Bonchev–Trinajstić information content (AvgIpc) is 3.52. The molecular formula is C30H40N4O4S. The van der Waals surface area contributed by atoms with Gasteiger partial charge in [0.2, 0.25) is 11.8 Å². The number of carbonyl (C=O) groups is 3. The van der Waals surface area contributed by atoms with E-state index in [9.17, 15) is 19.5 Å². The highest BCUT2D eigenvalue weighted by atomic mass is 32.1. The molecule has 0 radical (unpaired) electrons. The molecule has 0 saturated carbocycles. The van der Waals surface area contributed by atoms with Crippen LogP contribution in [0.15, 0.2) is 41.6 Å². The van der Waals surface area contributed by atoms with E-state index in [-0.39, 0.29) is 47.3 Å². The van der Waals surface area contributed by atoms with Crippen molar-refractivity contribution in [3.8, 4) is 10.4 Å². The smallest absolute Gasteiger partial charge is 0.243 e. The number of aromatic nitrogens is 1. The molecule has 2 aromatic rings. The van der Waals surface area contributed by atoms with E-state index >= 15 is 0 Å². The number of hydrogen-bond donors (Lipinski definition) is 3. The zero-order valence-corrected chi connectivity index (χ0v) is 24.5. The molecule has 1 aliphatic heterocycles. The van der Waals surface area contributed by atoms with Crippen LogP contribution in [0.5, 0.6) is 0 Å². The highest BCUT2D eigenvalue weighted by Gasteiger charge is 2.40. The molecule has 0 spiro atoms. The minimum Gasteiger partial charge on any atom is -0.511 e. The van der Waals surface area contributed by atoms with E-state index in [0.717, 1.165) is 21.7 Å². The first-order chi connectivity index (χ1) is 18.4. The fraction of sp³-hybridized carbons (Fsp3) is 0.500. The summed E-state index contributed by atoms with van der Waals surface area (Å²) in [5.74, 6) is -1.97. The number of aliphatic hydroxyl groups is 1. The van der Waals surface area contributed by atoms with E-state index in [1.54, 1.807) is 16.2 Å². The topological polar surface area (TPSA) is 123 Å². The van der Waals surface area contributed by atoms with Crippen LogP contribution in [0, 0.1) is 30.1 Å². The van der Waals surface area contributed by atoms with Crippen molar-refractivity contribution in [2.24, 2.45) is 17.8 Å². The summed E-state index contributed by atoms with van der Waals surface area (Å²) in [5.41, 5.74) is 4.76. The lowest BCUT2D eigenvalue weighted by atomic mass is 9.91. The van der Waals surface area contributed by atoms with Gasteiger partial charge in [-0.3, -0.25) is 14.4 Å². The number of benzene rings is 1. The van der Waals surface area contributed by atoms with Gasteiger partial charge in [-0.1, -0.05) is 52.0 Å². The number of thiazole rings is 1. The Kier molecular flexibility index (Phi) is 10.2. The predicted octanol–water partition coefficient (Wildman–Crippen LogP) is 5.64. The molecule has 3 N–H and O–H groups in total. The summed E-state index contributed by atoms with van der Waals surface area (Å²) < 4.78 is 0. The maximum atomic E-state index is 13.6. The van der Waals surface area contributed by atoms with Gasteiger partial charge in [-0.2, -0.15) is 0 Å². The number of likely N-dealkylation sites (tertiary alicyclic amines) is 1. The molecule has 3 atom stereocenters. The van der Waals surface area contributed by atoms with Gasteiger partial charge in [-0.25, -0.2) is 4.98 Å². The second-order valence-electron chi connectivity index (χ2n) is 10.9. The predicted molar refractivity (Wildman–Crippen MR) is 155 cm³/mol. The maximum Gasteiger partial charge on any atom is 0.243 e. The van der Waals surface area contributed by atoms with Crippen molar-refractivity contribution in [2.45, 2.75) is 72.9 Å². The van der Waals surface area contributed by atoms with Crippen molar-refractivity contribution < 1.29 is 19.5 Å². The Hall–Kier alpha value is -3.33. The van der Waals surface area contributed by atoms with Crippen molar-refractivity contribution in [1.29, 1.82) is 5.41 Å². The summed E-state index contributed by atoms with van der Waals surface area (Å²) >= 11 is 1.57. The lowest BCUT2D eigenvalue weighted by molar-refractivity contribution is -0.142. The first-order valence-electron chi connectivity index (χ1n) is 13.5. The standard InChI is InChI=1S/C30H40N4O4S/c1-17(2)25(35)15-23(21-9-11-22(12-10-21)28-20(6)32-16-39-28)33-29(37)24-8-7-13-34(24)30(38)27(18(3)4)26(36)14-19(5)31/h9-12,14,16-18,23-24,27,31,36H,7-8,13,15H2,1-6H3,(H,33,37)/b26-14-,31-19?. The number of nitrogens with zero attached hydrogens (tertiary/aromatic N) is 2. The van der Waals surface area contributed by atoms with Crippen molar-refractivity contribution >= 4 is 34.6 Å². The number of carbonyl (C=O) groups excluding carboxylic acids is 3. The van der Waals surface area contributed by atoms with Crippen LogP contribution >= 0.6 is 11.3 Å². The molecule has 9 heteroatoms. The number of rotatable bonds is 11. The third-order valence-electron chi connectivity index (χ3n) is 7.14. The van der Waals surface area contributed by atoms with Gasteiger partial charge in [0.1, 0.15) is 17.6 Å². The number of hydrogen-bond acceptors (Lipinski definition) is 7. The minimum absolute atomic E-state index is 0.0407. The van der Waals surface area contributed by atoms with E-state index in [1.807, 2.05) is 64.4 Å². The van der Waals surface area contributed by atoms with Crippen molar-refractivity contribution in [2.75, 3.05) is 6.54 Å². The van der Waals surface area contributed by atoms with Gasteiger partial charge < -0.3 is 20.7 Å².